The minimum Gasteiger partial charge on any atom is -0.455 e. The van der Waals surface area contributed by atoms with Crippen molar-refractivity contribution in [1.29, 1.82) is 0 Å². The molecule has 2 heterocycles. The lowest BCUT2D eigenvalue weighted by Crippen LogP contribution is -2.12. The highest BCUT2D eigenvalue weighted by atomic mass is 16.6. The molecule has 0 aromatic carbocycles. The van der Waals surface area contributed by atoms with Crippen LogP contribution < -0.4 is 0 Å². The highest BCUT2D eigenvalue weighted by molar-refractivity contribution is 5.91. The quantitative estimate of drug-likeness (QED) is 0.0462. The van der Waals surface area contributed by atoms with Gasteiger partial charge in [0.2, 0.25) is 0 Å². The Morgan fingerprint density at radius 3 is 1.04 bits per heavy atom. The second kappa shape index (κ2) is 33.3. The molecular formula is C44H78O10. The molecule has 10 nitrogen and oxygen atoms in total. The van der Waals surface area contributed by atoms with Crippen molar-refractivity contribution in [2.75, 3.05) is 52.9 Å². The summed E-state index contributed by atoms with van der Waals surface area (Å²) in [4.78, 5) is 23.2. The number of hydrogen-bond donors (Lipinski definition) is 2. The molecule has 0 saturated carbocycles. The number of aliphatic hydroxyl groups excluding tert-OH is 2. The Bertz CT molecular complexity index is 920. The summed E-state index contributed by atoms with van der Waals surface area (Å²) in [5.74, 6) is -0.289. The second-order valence-electron chi connectivity index (χ2n) is 15.4. The maximum absolute atomic E-state index is 11.6. The molecule has 2 aliphatic heterocycles. The normalized spacial score (nSPS) is 18.1. The van der Waals surface area contributed by atoms with Gasteiger partial charge in [0, 0.05) is 24.4 Å². The van der Waals surface area contributed by atoms with E-state index in [1.165, 1.54) is 0 Å². The Balaban J connectivity index is 1.18. The third-order valence-corrected chi connectivity index (χ3v) is 10.2. The highest BCUT2D eigenvalue weighted by Crippen LogP contribution is 2.22. The van der Waals surface area contributed by atoms with Crippen molar-refractivity contribution >= 4 is 11.9 Å². The zero-order chi connectivity index (χ0) is 38.9. The third-order valence-electron chi connectivity index (χ3n) is 10.2. The average Bonchev–Trinajstić information content (AvgIpc) is 3.65. The van der Waals surface area contributed by atoms with Crippen molar-refractivity contribution in [3.8, 4) is 0 Å². The molecule has 54 heavy (non-hydrogen) atoms. The first-order valence-electron chi connectivity index (χ1n) is 21.9. The van der Waals surface area contributed by atoms with Crippen LogP contribution >= 0.6 is 0 Å². The number of unbranched alkanes of at least 4 members (excludes halogenated alkanes) is 14. The first kappa shape index (κ1) is 48.3. The topological polar surface area (TPSA) is 130 Å². The summed E-state index contributed by atoms with van der Waals surface area (Å²) in [6.45, 7) is 8.78. The van der Waals surface area contributed by atoms with Crippen molar-refractivity contribution in [2.45, 2.75) is 192 Å². The summed E-state index contributed by atoms with van der Waals surface area (Å²) in [5.41, 5.74) is 1.67. The summed E-state index contributed by atoms with van der Waals surface area (Å²) in [7, 11) is 0. The van der Waals surface area contributed by atoms with Gasteiger partial charge in [-0.05, 0) is 90.2 Å². The van der Waals surface area contributed by atoms with E-state index in [-0.39, 0.29) is 36.4 Å². The van der Waals surface area contributed by atoms with Gasteiger partial charge in [0.05, 0.1) is 51.8 Å². The molecule has 2 unspecified atom stereocenters. The smallest absolute Gasteiger partial charge is 0.334 e. The van der Waals surface area contributed by atoms with Crippen LogP contribution in [-0.4, -0.2) is 99.4 Å². The minimum atomic E-state index is -0.188. The molecule has 0 aromatic heterocycles. The Labute approximate surface area is 328 Å². The van der Waals surface area contributed by atoms with E-state index in [1.807, 2.05) is 26.0 Å². The van der Waals surface area contributed by atoms with Gasteiger partial charge in [-0.3, -0.25) is 0 Å². The van der Waals surface area contributed by atoms with Crippen LogP contribution in [0.3, 0.4) is 0 Å². The molecule has 0 saturated heterocycles. The molecule has 2 aliphatic rings. The zero-order valence-electron chi connectivity index (χ0n) is 34.3. The first-order chi connectivity index (χ1) is 26.3. The SMILES string of the molecule is C[C@H]1C=C(CCCCCCCC(O)CCCCCCOCCOCCOCCOCCCCCCC(O)CCCCCCCC2=C[C@H](C)OC2=O)C(=O)O1. The van der Waals surface area contributed by atoms with E-state index < -0.39 is 0 Å². The predicted octanol–water partition coefficient (Wildman–Crippen LogP) is 8.88. The van der Waals surface area contributed by atoms with E-state index in [0.29, 0.717) is 39.6 Å². The molecule has 0 spiro atoms. The van der Waals surface area contributed by atoms with Crippen molar-refractivity contribution in [1.82, 2.24) is 0 Å². The van der Waals surface area contributed by atoms with E-state index in [4.69, 9.17) is 28.4 Å². The molecule has 0 bridgehead atoms. The Hall–Kier alpha value is -1.82. The maximum atomic E-state index is 11.6. The number of hydrogen-bond acceptors (Lipinski definition) is 10. The standard InChI is InChI=1S/C44H78O10/c1-37-35-39(43(47)53-37)21-13-5-3-7-15-23-41(45)25-17-9-11-19-27-49-29-31-51-33-34-52-32-30-50-28-20-12-10-18-26-42(46)24-16-8-4-6-14-22-40-36-38(2)54-44(40)48/h35-38,41-42,45-46H,3-34H2,1-2H3/t37-,38-,41?,42?/m0/s1. The van der Waals surface area contributed by atoms with Crippen molar-refractivity contribution in [3.05, 3.63) is 23.3 Å². The van der Waals surface area contributed by atoms with Crippen molar-refractivity contribution in [2.24, 2.45) is 0 Å². The van der Waals surface area contributed by atoms with Gasteiger partial charge in [-0.2, -0.15) is 0 Å². The van der Waals surface area contributed by atoms with Crippen LogP contribution in [0.2, 0.25) is 0 Å². The van der Waals surface area contributed by atoms with Gasteiger partial charge in [0.1, 0.15) is 12.2 Å². The molecule has 2 N–H and O–H groups in total. The molecule has 314 valence electrons. The van der Waals surface area contributed by atoms with Gasteiger partial charge >= 0.3 is 11.9 Å². The fourth-order valence-electron chi connectivity index (χ4n) is 7.01. The molecular weight excluding hydrogens is 688 g/mol. The summed E-state index contributed by atoms with van der Waals surface area (Å²) in [5, 5.41) is 20.5. The Morgan fingerprint density at radius 1 is 0.444 bits per heavy atom. The minimum absolute atomic E-state index is 0.0699. The molecule has 0 radical (unpaired) electrons. The van der Waals surface area contributed by atoms with Crippen LogP contribution in [0.15, 0.2) is 23.3 Å². The number of aliphatic hydroxyl groups is 2. The van der Waals surface area contributed by atoms with Crippen LogP contribution in [0.5, 0.6) is 0 Å². The van der Waals surface area contributed by atoms with Crippen LogP contribution in [0, 0.1) is 0 Å². The van der Waals surface area contributed by atoms with Gasteiger partial charge in [0.15, 0.2) is 0 Å². The molecule has 10 heteroatoms. The van der Waals surface area contributed by atoms with Gasteiger partial charge < -0.3 is 38.6 Å². The summed E-state index contributed by atoms with van der Waals surface area (Å²) in [6.07, 6.45) is 28.3. The number of esters is 2. The monoisotopic (exact) mass is 767 g/mol. The summed E-state index contributed by atoms with van der Waals surface area (Å²) >= 11 is 0. The lowest BCUT2D eigenvalue weighted by Gasteiger charge is -2.10. The second-order valence-corrected chi connectivity index (χ2v) is 15.4. The Kier molecular flexibility index (Phi) is 29.8. The number of ether oxygens (including phenoxy) is 6. The van der Waals surface area contributed by atoms with Gasteiger partial charge in [-0.15, -0.1) is 0 Å². The van der Waals surface area contributed by atoms with E-state index >= 15 is 0 Å². The van der Waals surface area contributed by atoms with Gasteiger partial charge in [-0.1, -0.05) is 89.9 Å². The average molecular weight is 767 g/mol. The Morgan fingerprint density at radius 2 is 0.722 bits per heavy atom. The van der Waals surface area contributed by atoms with Crippen LogP contribution in [0.4, 0.5) is 0 Å². The molecule has 0 amide bonds. The molecule has 0 aliphatic carbocycles. The van der Waals surface area contributed by atoms with E-state index in [9.17, 15) is 19.8 Å². The van der Waals surface area contributed by atoms with Gasteiger partial charge in [0.25, 0.3) is 0 Å². The van der Waals surface area contributed by atoms with Crippen molar-refractivity contribution in [3.63, 3.8) is 0 Å². The largest absolute Gasteiger partial charge is 0.455 e. The molecule has 2 rings (SSSR count). The summed E-state index contributed by atoms with van der Waals surface area (Å²) < 4.78 is 32.8. The first-order valence-corrected chi connectivity index (χ1v) is 21.9. The number of carbonyl (C=O) groups excluding carboxylic acids is 2. The zero-order valence-corrected chi connectivity index (χ0v) is 34.3. The highest BCUT2D eigenvalue weighted by Gasteiger charge is 2.22. The van der Waals surface area contributed by atoms with E-state index in [1.54, 1.807) is 0 Å². The van der Waals surface area contributed by atoms with Crippen LogP contribution in [-0.2, 0) is 38.0 Å². The summed E-state index contributed by atoms with van der Waals surface area (Å²) in [6, 6.07) is 0. The molecule has 0 aromatic rings. The fourth-order valence-corrected chi connectivity index (χ4v) is 7.01. The van der Waals surface area contributed by atoms with E-state index in [2.05, 4.69) is 0 Å². The predicted molar refractivity (Wildman–Crippen MR) is 213 cm³/mol. The lowest BCUT2D eigenvalue weighted by molar-refractivity contribution is -0.140. The van der Waals surface area contributed by atoms with Crippen LogP contribution in [0.1, 0.15) is 168 Å². The lowest BCUT2D eigenvalue weighted by atomic mass is 10.0. The van der Waals surface area contributed by atoms with E-state index in [0.717, 1.165) is 178 Å². The third kappa shape index (κ3) is 26.9. The molecule has 0 fully saturated rings. The molecule has 4 atom stereocenters. The number of rotatable bonds is 39. The van der Waals surface area contributed by atoms with Crippen LogP contribution in [0.25, 0.3) is 0 Å². The van der Waals surface area contributed by atoms with Gasteiger partial charge in [-0.25, -0.2) is 9.59 Å². The number of cyclic esters (lactones) is 2. The fraction of sp³-hybridized carbons (Fsp3) is 0.864. The maximum Gasteiger partial charge on any atom is 0.334 e. The van der Waals surface area contributed by atoms with Crippen molar-refractivity contribution < 1.29 is 48.2 Å². The number of carbonyl (C=O) groups is 2.